The van der Waals surface area contributed by atoms with E-state index in [0.717, 1.165) is 16.4 Å². The summed E-state index contributed by atoms with van der Waals surface area (Å²) in [5, 5.41) is 27.4. The van der Waals surface area contributed by atoms with Gasteiger partial charge in [0.15, 0.2) is 0 Å². The predicted molar refractivity (Wildman–Crippen MR) is 82.9 cm³/mol. The molecule has 0 fully saturated rings. The first-order valence-corrected chi connectivity index (χ1v) is 7.09. The van der Waals surface area contributed by atoms with Crippen LogP contribution in [0.3, 0.4) is 0 Å². The topological polar surface area (TPSA) is 110 Å². The lowest BCUT2D eigenvalue weighted by atomic mass is 10.0. The largest absolute Gasteiger partial charge is 0.391 e. The minimum atomic E-state index is -0.811. The van der Waals surface area contributed by atoms with Crippen LogP contribution in [-0.2, 0) is 13.5 Å². The zero-order chi connectivity index (χ0) is 17.0. The Morgan fingerprint density at radius 1 is 1.43 bits per heavy atom. The molecule has 0 spiro atoms. The van der Waals surface area contributed by atoms with Gasteiger partial charge in [0.25, 0.3) is 5.91 Å². The van der Waals surface area contributed by atoms with Crippen LogP contribution in [0.15, 0.2) is 36.5 Å². The summed E-state index contributed by atoms with van der Waals surface area (Å²) in [7, 11) is 1.45. The van der Waals surface area contributed by atoms with E-state index in [2.05, 4.69) is 10.4 Å². The minimum absolute atomic E-state index is 0.145. The number of hydrogen-bond acceptors (Lipinski definition) is 5. The third-order valence-electron chi connectivity index (χ3n) is 3.55. The average Bonchev–Trinajstić information content (AvgIpc) is 2.90. The van der Waals surface area contributed by atoms with E-state index in [0.29, 0.717) is 6.42 Å². The molecule has 2 atom stereocenters. The number of aliphatic hydroxyl groups is 1. The highest BCUT2D eigenvalue weighted by molar-refractivity contribution is 5.96. The van der Waals surface area contributed by atoms with Crippen molar-refractivity contribution >= 4 is 11.6 Å². The van der Waals surface area contributed by atoms with Crippen LogP contribution in [-0.4, -0.2) is 37.9 Å². The van der Waals surface area contributed by atoms with Gasteiger partial charge in [0, 0.05) is 13.5 Å². The van der Waals surface area contributed by atoms with Gasteiger partial charge in [-0.05, 0) is 12.5 Å². The summed E-state index contributed by atoms with van der Waals surface area (Å²) in [4.78, 5) is 22.5. The molecule has 8 nitrogen and oxygen atoms in total. The van der Waals surface area contributed by atoms with Crippen molar-refractivity contribution in [3.8, 4) is 0 Å². The maximum atomic E-state index is 12.2. The van der Waals surface area contributed by atoms with Gasteiger partial charge in [0.1, 0.15) is 6.20 Å². The lowest BCUT2D eigenvalue weighted by molar-refractivity contribution is -0.385. The molecule has 23 heavy (non-hydrogen) atoms. The van der Waals surface area contributed by atoms with Crippen molar-refractivity contribution in [3.63, 3.8) is 0 Å². The number of nitro groups is 1. The first-order valence-electron chi connectivity index (χ1n) is 7.09. The number of aryl methyl sites for hydroxylation is 1. The molecule has 0 aliphatic rings. The number of carbonyl (C=O) groups is 1. The second-order valence-electron chi connectivity index (χ2n) is 5.28. The number of nitrogens with one attached hydrogen (secondary N) is 1. The Morgan fingerprint density at radius 3 is 2.70 bits per heavy atom. The molecule has 1 amide bonds. The van der Waals surface area contributed by atoms with Crippen molar-refractivity contribution in [1.29, 1.82) is 0 Å². The molecule has 0 aliphatic carbocycles. The van der Waals surface area contributed by atoms with Crippen LogP contribution < -0.4 is 5.32 Å². The summed E-state index contributed by atoms with van der Waals surface area (Å²) < 4.78 is 1.14. The fourth-order valence-electron chi connectivity index (χ4n) is 2.23. The number of nitrogens with zero attached hydrogens (tertiary/aromatic N) is 3. The van der Waals surface area contributed by atoms with E-state index in [1.807, 2.05) is 30.3 Å². The molecule has 8 heteroatoms. The van der Waals surface area contributed by atoms with Crippen LogP contribution in [0.4, 0.5) is 5.69 Å². The van der Waals surface area contributed by atoms with E-state index in [4.69, 9.17) is 0 Å². The Morgan fingerprint density at radius 2 is 2.09 bits per heavy atom. The average molecular weight is 318 g/mol. The van der Waals surface area contributed by atoms with Crippen molar-refractivity contribution in [2.45, 2.75) is 25.5 Å². The summed E-state index contributed by atoms with van der Waals surface area (Å²) in [5.74, 6) is -0.642. The van der Waals surface area contributed by atoms with Gasteiger partial charge in [-0.15, -0.1) is 0 Å². The molecule has 1 heterocycles. The highest BCUT2D eigenvalue weighted by atomic mass is 16.6. The maximum Gasteiger partial charge on any atom is 0.320 e. The Hall–Kier alpha value is -2.74. The van der Waals surface area contributed by atoms with Gasteiger partial charge in [-0.1, -0.05) is 30.3 Å². The zero-order valence-electron chi connectivity index (χ0n) is 12.8. The van der Waals surface area contributed by atoms with Gasteiger partial charge >= 0.3 is 5.69 Å². The Bertz CT molecular complexity index is 699. The van der Waals surface area contributed by atoms with E-state index in [1.165, 1.54) is 7.05 Å². The SMILES string of the molecule is CC(NC(=O)c1c([N+](=O)[O-])cnn1C)C(O)Cc1ccccc1. The van der Waals surface area contributed by atoms with Gasteiger partial charge in [-0.2, -0.15) is 5.10 Å². The van der Waals surface area contributed by atoms with Gasteiger partial charge in [0.05, 0.1) is 17.1 Å². The number of rotatable bonds is 6. The first kappa shape index (κ1) is 16.6. The van der Waals surface area contributed by atoms with E-state index >= 15 is 0 Å². The molecule has 1 aromatic heterocycles. The van der Waals surface area contributed by atoms with Crippen LogP contribution >= 0.6 is 0 Å². The van der Waals surface area contributed by atoms with Crippen molar-refractivity contribution in [1.82, 2.24) is 15.1 Å². The van der Waals surface area contributed by atoms with E-state index in [9.17, 15) is 20.0 Å². The molecule has 2 aromatic rings. The summed E-state index contributed by atoms with van der Waals surface area (Å²) in [6.07, 6.45) is 0.587. The molecule has 122 valence electrons. The molecule has 2 N–H and O–H groups in total. The third kappa shape index (κ3) is 3.92. The smallest absolute Gasteiger partial charge is 0.320 e. The fraction of sp³-hybridized carbons (Fsp3) is 0.333. The second kappa shape index (κ2) is 7.01. The highest BCUT2D eigenvalue weighted by Gasteiger charge is 2.27. The molecular weight excluding hydrogens is 300 g/mol. The summed E-state index contributed by atoms with van der Waals surface area (Å²) >= 11 is 0. The third-order valence-corrected chi connectivity index (χ3v) is 3.55. The quantitative estimate of drug-likeness (QED) is 0.611. The van der Waals surface area contributed by atoms with Gasteiger partial charge in [-0.3, -0.25) is 19.6 Å². The molecule has 0 bridgehead atoms. The van der Waals surface area contributed by atoms with Crippen molar-refractivity contribution in [3.05, 3.63) is 57.9 Å². The van der Waals surface area contributed by atoms with Crippen LogP contribution in [0.25, 0.3) is 0 Å². The fourth-order valence-corrected chi connectivity index (χ4v) is 2.23. The van der Waals surface area contributed by atoms with Crippen LogP contribution in [0.5, 0.6) is 0 Å². The lowest BCUT2D eigenvalue weighted by Gasteiger charge is -2.20. The molecule has 1 aromatic carbocycles. The van der Waals surface area contributed by atoms with Crippen molar-refractivity contribution < 1.29 is 14.8 Å². The van der Waals surface area contributed by atoms with Crippen molar-refractivity contribution in [2.75, 3.05) is 0 Å². The summed E-state index contributed by atoms with van der Waals surface area (Å²) in [5.41, 5.74) is 0.427. The molecule has 2 unspecified atom stereocenters. The summed E-state index contributed by atoms with van der Waals surface area (Å²) in [6.45, 7) is 1.65. The number of hydrogen-bond donors (Lipinski definition) is 2. The monoisotopic (exact) mass is 318 g/mol. The summed E-state index contributed by atoms with van der Waals surface area (Å²) in [6, 6.07) is 8.79. The number of benzene rings is 1. The first-order chi connectivity index (χ1) is 10.9. The van der Waals surface area contributed by atoms with Gasteiger partial charge in [0.2, 0.25) is 5.69 Å². The van der Waals surface area contributed by atoms with Gasteiger partial charge in [-0.25, -0.2) is 0 Å². The Balaban J connectivity index is 2.05. The number of amides is 1. The van der Waals surface area contributed by atoms with Crippen LogP contribution in [0.1, 0.15) is 23.0 Å². The van der Waals surface area contributed by atoms with Crippen LogP contribution in [0.2, 0.25) is 0 Å². The molecule has 2 rings (SSSR count). The van der Waals surface area contributed by atoms with Crippen molar-refractivity contribution in [2.24, 2.45) is 7.05 Å². The molecular formula is C15H18N4O4. The molecule has 0 saturated carbocycles. The van der Waals surface area contributed by atoms with E-state index in [-0.39, 0.29) is 11.4 Å². The Kier molecular flexibility index (Phi) is 5.07. The number of aromatic nitrogens is 2. The number of aliphatic hydroxyl groups excluding tert-OH is 1. The Labute approximate surface area is 132 Å². The normalized spacial score (nSPS) is 13.3. The second-order valence-corrected chi connectivity index (χ2v) is 5.28. The van der Waals surface area contributed by atoms with E-state index in [1.54, 1.807) is 6.92 Å². The maximum absolute atomic E-state index is 12.2. The standard InChI is InChI=1S/C15H18N4O4/c1-10(13(20)8-11-6-4-3-5-7-11)17-15(21)14-12(19(22)23)9-16-18(14)2/h3-7,9-10,13,20H,8H2,1-2H3,(H,17,21). The molecule has 0 saturated heterocycles. The van der Waals surface area contributed by atoms with E-state index < -0.39 is 23.0 Å². The minimum Gasteiger partial charge on any atom is -0.391 e. The van der Waals surface area contributed by atoms with Crippen LogP contribution in [0, 0.1) is 10.1 Å². The van der Waals surface area contributed by atoms with Gasteiger partial charge < -0.3 is 10.4 Å². The molecule has 0 aliphatic heterocycles. The lowest BCUT2D eigenvalue weighted by Crippen LogP contribution is -2.42. The predicted octanol–water partition coefficient (Wildman–Crippen LogP) is 1.05. The molecule has 0 radical (unpaired) electrons. The highest BCUT2D eigenvalue weighted by Crippen LogP contribution is 2.17. The number of carbonyl (C=O) groups excluding carboxylic acids is 1. The zero-order valence-corrected chi connectivity index (χ0v) is 12.8.